The van der Waals surface area contributed by atoms with E-state index < -0.39 is 0 Å². The number of hydrogen-bond donors (Lipinski definition) is 1. The number of amides is 1. The van der Waals surface area contributed by atoms with E-state index in [1.807, 2.05) is 0 Å². The van der Waals surface area contributed by atoms with Crippen molar-refractivity contribution in [3.63, 3.8) is 0 Å². The minimum absolute atomic E-state index is 0.0513. The predicted octanol–water partition coefficient (Wildman–Crippen LogP) is 3.38. The highest BCUT2D eigenvalue weighted by atomic mass is 16.6. The van der Waals surface area contributed by atoms with Gasteiger partial charge in [0.05, 0.1) is 6.04 Å². The Hall–Kier alpha value is -0.810. The summed E-state index contributed by atoms with van der Waals surface area (Å²) in [6.45, 7) is 9.93. The van der Waals surface area contributed by atoms with Crippen LogP contribution in [0.5, 0.6) is 0 Å². The summed E-state index contributed by atoms with van der Waals surface area (Å²) in [6.07, 6.45) is 11.0. The van der Waals surface area contributed by atoms with Crippen molar-refractivity contribution >= 4 is 6.09 Å². The van der Waals surface area contributed by atoms with Crippen molar-refractivity contribution < 1.29 is 9.53 Å². The van der Waals surface area contributed by atoms with E-state index in [1.54, 1.807) is 0 Å². The molecule has 0 bridgehead atoms. The van der Waals surface area contributed by atoms with Crippen LogP contribution in [0.2, 0.25) is 0 Å². The summed E-state index contributed by atoms with van der Waals surface area (Å²) in [5.41, 5.74) is 0.0754. The van der Waals surface area contributed by atoms with E-state index in [0.717, 1.165) is 45.6 Å². The number of likely N-dealkylation sites (tertiary alicyclic amines) is 1. The van der Waals surface area contributed by atoms with Gasteiger partial charge in [0.2, 0.25) is 0 Å². The quantitative estimate of drug-likeness (QED) is 0.835. The van der Waals surface area contributed by atoms with Crippen LogP contribution in [0.1, 0.15) is 71.6 Å². The van der Waals surface area contributed by atoms with Gasteiger partial charge in [-0.1, -0.05) is 19.3 Å². The lowest BCUT2D eigenvalue weighted by Gasteiger charge is -2.50. The maximum Gasteiger partial charge on any atom is 0.410 e. The fraction of sp³-hybridized carbons (Fsp3) is 0.952. The molecule has 5 nitrogen and oxygen atoms in total. The summed E-state index contributed by atoms with van der Waals surface area (Å²) in [5.74, 6) is 0.683. The molecular weight excluding hydrogens is 326 g/mol. The Labute approximate surface area is 158 Å². The molecule has 1 saturated carbocycles. The Balaban J connectivity index is 1.38. The van der Waals surface area contributed by atoms with Crippen molar-refractivity contribution in [2.75, 3.05) is 32.7 Å². The van der Waals surface area contributed by atoms with Gasteiger partial charge in [-0.25, -0.2) is 4.79 Å². The van der Waals surface area contributed by atoms with Crippen LogP contribution in [0, 0.1) is 5.92 Å². The second-order valence-corrected chi connectivity index (χ2v) is 9.50. The van der Waals surface area contributed by atoms with Gasteiger partial charge >= 0.3 is 6.09 Å². The van der Waals surface area contributed by atoms with Crippen molar-refractivity contribution in [3.8, 4) is 0 Å². The Kier molecular flexibility index (Phi) is 5.21. The van der Waals surface area contributed by atoms with E-state index in [-0.39, 0.29) is 17.7 Å². The average molecular weight is 364 g/mol. The van der Waals surface area contributed by atoms with Gasteiger partial charge in [0.25, 0.3) is 0 Å². The average Bonchev–Trinajstić information content (AvgIpc) is 2.88. The normalized spacial score (nSPS) is 32.8. The molecule has 1 amide bonds. The summed E-state index contributed by atoms with van der Waals surface area (Å²) >= 11 is 0. The molecule has 1 spiro atoms. The zero-order chi connectivity index (χ0) is 18.2. The van der Waals surface area contributed by atoms with E-state index in [9.17, 15) is 4.79 Å². The van der Waals surface area contributed by atoms with Crippen LogP contribution in [0.25, 0.3) is 0 Å². The Morgan fingerprint density at radius 3 is 2.38 bits per heavy atom. The molecule has 4 aliphatic rings. The van der Waals surface area contributed by atoms with Gasteiger partial charge in [-0.3, -0.25) is 4.90 Å². The first-order valence-electron chi connectivity index (χ1n) is 11.0. The van der Waals surface area contributed by atoms with Crippen LogP contribution in [0.4, 0.5) is 4.79 Å². The van der Waals surface area contributed by atoms with Gasteiger partial charge in [-0.2, -0.15) is 0 Å². The van der Waals surface area contributed by atoms with Gasteiger partial charge in [-0.15, -0.1) is 0 Å². The molecule has 1 atom stereocenters. The molecule has 26 heavy (non-hydrogen) atoms. The van der Waals surface area contributed by atoms with E-state index in [0.29, 0.717) is 11.5 Å². The highest BCUT2D eigenvalue weighted by molar-refractivity contribution is 5.71. The number of carbonyl (C=O) groups excluding carboxylic acids is 1. The largest absolute Gasteiger partial charge is 0.440 e. The van der Waals surface area contributed by atoms with Crippen LogP contribution in [-0.2, 0) is 4.74 Å². The standard InChI is InChI=1S/C21H37N3O2/c1-17-21(26-19(25)24(17)16-18-6-4-3-5-7-18)10-14-23(15-11-21)20(2)8-12-22-13-9-20/h17-18,22H,3-16H2,1-2H3. The number of carbonyl (C=O) groups is 1. The van der Waals surface area contributed by atoms with Crippen LogP contribution >= 0.6 is 0 Å². The van der Waals surface area contributed by atoms with Crippen LogP contribution in [0.3, 0.4) is 0 Å². The first kappa shape index (κ1) is 18.5. The van der Waals surface area contributed by atoms with Gasteiger partial charge < -0.3 is 15.0 Å². The molecule has 1 aliphatic carbocycles. The van der Waals surface area contributed by atoms with Gasteiger partial charge in [0, 0.05) is 38.0 Å². The van der Waals surface area contributed by atoms with Crippen molar-refractivity contribution in [2.45, 2.75) is 88.8 Å². The van der Waals surface area contributed by atoms with E-state index >= 15 is 0 Å². The highest BCUT2D eigenvalue weighted by Gasteiger charge is 2.54. The lowest BCUT2D eigenvalue weighted by Crippen LogP contribution is -2.59. The maximum absolute atomic E-state index is 12.7. The first-order valence-corrected chi connectivity index (χ1v) is 11.0. The molecule has 0 radical (unpaired) electrons. The Morgan fingerprint density at radius 1 is 1.08 bits per heavy atom. The van der Waals surface area contributed by atoms with Crippen molar-refractivity contribution in [2.24, 2.45) is 5.92 Å². The minimum atomic E-state index is -0.245. The summed E-state index contributed by atoms with van der Waals surface area (Å²) in [7, 11) is 0. The second kappa shape index (κ2) is 7.31. The fourth-order valence-electron chi connectivity index (χ4n) is 5.87. The number of hydrogen-bond acceptors (Lipinski definition) is 4. The van der Waals surface area contributed by atoms with Crippen LogP contribution in [0.15, 0.2) is 0 Å². The van der Waals surface area contributed by atoms with Crippen LogP contribution < -0.4 is 5.32 Å². The van der Waals surface area contributed by atoms with E-state index in [2.05, 4.69) is 29.0 Å². The van der Waals surface area contributed by atoms with Gasteiger partial charge in [-0.05, 0) is 58.5 Å². The Bertz CT molecular complexity index is 503. The third-order valence-corrected chi connectivity index (χ3v) is 7.99. The van der Waals surface area contributed by atoms with Gasteiger partial charge in [0.15, 0.2) is 0 Å². The maximum atomic E-state index is 12.7. The summed E-state index contributed by atoms with van der Waals surface area (Å²) in [5, 5.41) is 3.48. The van der Waals surface area contributed by atoms with Crippen molar-refractivity contribution in [1.82, 2.24) is 15.1 Å². The van der Waals surface area contributed by atoms with Gasteiger partial charge in [0.1, 0.15) is 5.60 Å². The molecule has 148 valence electrons. The SMILES string of the molecule is CC1N(CC2CCCCC2)C(=O)OC12CCN(C1(C)CCNCC1)CC2. The molecule has 5 heteroatoms. The second-order valence-electron chi connectivity index (χ2n) is 9.50. The number of ether oxygens (including phenoxy) is 1. The summed E-state index contributed by atoms with van der Waals surface area (Å²) in [6, 6.07) is 0.222. The fourth-order valence-corrected chi connectivity index (χ4v) is 5.87. The van der Waals surface area contributed by atoms with E-state index in [4.69, 9.17) is 4.74 Å². The first-order chi connectivity index (χ1) is 12.5. The third-order valence-electron chi connectivity index (χ3n) is 7.99. The smallest absolute Gasteiger partial charge is 0.410 e. The summed E-state index contributed by atoms with van der Waals surface area (Å²) < 4.78 is 6.07. The molecule has 4 rings (SSSR count). The lowest BCUT2D eigenvalue weighted by molar-refractivity contribution is -0.0508. The lowest BCUT2D eigenvalue weighted by atomic mass is 9.80. The molecular formula is C21H37N3O2. The molecule has 0 aromatic rings. The molecule has 1 N–H and O–H groups in total. The topological polar surface area (TPSA) is 44.8 Å². The number of nitrogens with one attached hydrogen (secondary N) is 1. The molecule has 3 saturated heterocycles. The van der Waals surface area contributed by atoms with Crippen molar-refractivity contribution in [3.05, 3.63) is 0 Å². The molecule has 1 unspecified atom stereocenters. The molecule has 0 aromatic heterocycles. The molecule has 3 heterocycles. The summed E-state index contributed by atoms with van der Waals surface area (Å²) in [4.78, 5) is 17.4. The number of rotatable bonds is 3. The number of piperidine rings is 2. The zero-order valence-corrected chi connectivity index (χ0v) is 16.8. The van der Waals surface area contributed by atoms with E-state index in [1.165, 1.54) is 44.9 Å². The zero-order valence-electron chi connectivity index (χ0n) is 16.8. The highest BCUT2D eigenvalue weighted by Crippen LogP contribution is 2.42. The van der Waals surface area contributed by atoms with Crippen molar-refractivity contribution in [1.29, 1.82) is 0 Å². The van der Waals surface area contributed by atoms with Crippen LogP contribution in [-0.4, -0.2) is 65.8 Å². The monoisotopic (exact) mass is 363 g/mol. The molecule has 3 aliphatic heterocycles. The number of nitrogens with zero attached hydrogens (tertiary/aromatic N) is 2. The predicted molar refractivity (Wildman–Crippen MR) is 103 cm³/mol. The minimum Gasteiger partial charge on any atom is -0.440 e. The Morgan fingerprint density at radius 2 is 1.73 bits per heavy atom. The third kappa shape index (κ3) is 3.37. The molecule has 4 fully saturated rings. The molecule has 0 aromatic carbocycles.